The molecule has 1 heterocycles. The number of nitrogens with one attached hydrogen (secondary N) is 2. The number of aryl methyl sites for hydroxylation is 1. The highest BCUT2D eigenvalue weighted by Crippen LogP contribution is 2.23. The molecule has 28 heavy (non-hydrogen) atoms. The van der Waals surface area contributed by atoms with Gasteiger partial charge >= 0.3 is 0 Å². The summed E-state index contributed by atoms with van der Waals surface area (Å²) in [6.45, 7) is 5.94. The van der Waals surface area contributed by atoms with Crippen LogP contribution in [0.25, 0.3) is 0 Å². The van der Waals surface area contributed by atoms with Gasteiger partial charge in [-0.05, 0) is 24.6 Å². The van der Waals surface area contributed by atoms with Gasteiger partial charge in [-0.2, -0.15) is 4.31 Å². The van der Waals surface area contributed by atoms with Crippen LogP contribution in [0.2, 0.25) is 0 Å². The summed E-state index contributed by atoms with van der Waals surface area (Å²) in [5.41, 5.74) is 3.81. The third-order valence-electron chi connectivity index (χ3n) is 4.42. The quantitative estimate of drug-likeness (QED) is 0.613. The monoisotopic (exact) mass is 450 g/mol. The molecule has 1 fully saturated rings. The first-order valence-electron chi connectivity index (χ1n) is 8.85. The van der Waals surface area contributed by atoms with Crippen LogP contribution in [0.3, 0.4) is 0 Å². The summed E-state index contributed by atoms with van der Waals surface area (Å²) in [7, 11) is -3.65. The maximum absolute atomic E-state index is 12.7. The molecule has 11 heteroatoms. The van der Waals surface area contributed by atoms with Gasteiger partial charge in [0.05, 0.1) is 10.3 Å². The number of amides is 2. The van der Waals surface area contributed by atoms with Crippen molar-refractivity contribution in [2.45, 2.75) is 36.4 Å². The van der Waals surface area contributed by atoms with Crippen molar-refractivity contribution in [3.63, 3.8) is 0 Å². The fourth-order valence-electron chi connectivity index (χ4n) is 2.76. The van der Waals surface area contributed by atoms with E-state index in [-0.39, 0.29) is 18.0 Å². The molecule has 1 aromatic carbocycles. The number of carbonyl (C=O) groups is 2. The number of hydrazine groups is 1. The second-order valence-electron chi connectivity index (χ2n) is 6.32. The molecule has 2 atom stereocenters. The summed E-state index contributed by atoms with van der Waals surface area (Å²) in [6, 6.07) is 4.56. The SMILES string of the molecule is CCN(CC)S(=O)(=O)c1ccc(C)c(NC(=O)CN2NCC(Cl)C(Cl)C2=O)c1. The molecule has 8 nitrogen and oxygen atoms in total. The minimum atomic E-state index is -3.65. The Bertz CT molecular complexity index is 846. The van der Waals surface area contributed by atoms with Gasteiger partial charge in [0.2, 0.25) is 15.9 Å². The number of rotatable bonds is 7. The largest absolute Gasteiger partial charge is 0.324 e. The lowest BCUT2D eigenvalue weighted by atomic mass is 10.2. The van der Waals surface area contributed by atoms with Crippen LogP contribution >= 0.6 is 23.2 Å². The van der Waals surface area contributed by atoms with Crippen LogP contribution in [0, 0.1) is 6.92 Å². The second-order valence-corrected chi connectivity index (χ2v) is 9.29. The van der Waals surface area contributed by atoms with Crippen molar-refractivity contribution in [1.29, 1.82) is 0 Å². The van der Waals surface area contributed by atoms with Gasteiger partial charge in [0.25, 0.3) is 5.91 Å². The number of carbonyl (C=O) groups excluding carboxylic acids is 2. The van der Waals surface area contributed by atoms with Gasteiger partial charge in [-0.25, -0.2) is 13.8 Å². The Labute approximate surface area is 175 Å². The molecule has 2 amide bonds. The molecular weight excluding hydrogens is 427 g/mol. The number of hydrogen-bond donors (Lipinski definition) is 2. The maximum atomic E-state index is 12.7. The Hall–Kier alpha value is -1.39. The normalized spacial score (nSPS) is 20.5. The molecule has 0 bridgehead atoms. The molecule has 156 valence electrons. The predicted molar refractivity (Wildman–Crippen MR) is 109 cm³/mol. The molecular formula is C17H24Cl2N4O4S. The number of hydrogen-bond acceptors (Lipinski definition) is 5. The van der Waals surface area contributed by atoms with Crippen LogP contribution in [-0.4, -0.2) is 66.5 Å². The van der Waals surface area contributed by atoms with Crippen molar-refractivity contribution in [3.8, 4) is 0 Å². The Kier molecular flexibility index (Phi) is 7.69. The lowest BCUT2D eigenvalue weighted by Crippen LogP contribution is -2.58. The minimum Gasteiger partial charge on any atom is -0.324 e. The van der Waals surface area contributed by atoms with E-state index in [0.717, 1.165) is 5.01 Å². The van der Waals surface area contributed by atoms with Crippen LogP contribution in [-0.2, 0) is 19.6 Å². The summed E-state index contributed by atoms with van der Waals surface area (Å²) in [5, 5.41) is 2.29. The van der Waals surface area contributed by atoms with Gasteiger partial charge in [-0.3, -0.25) is 14.6 Å². The smallest absolute Gasteiger partial charge is 0.256 e. The fourth-order valence-corrected chi connectivity index (χ4v) is 4.63. The molecule has 0 aliphatic carbocycles. The lowest BCUT2D eigenvalue weighted by Gasteiger charge is -2.32. The fraction of sp³-hybridized carbons (Fsp3) is 0.529. The molecule has 2 unspecified atom stereocenters. The zero-order valence-corrected chi connectivity index (χ0v) is 18.2. The Balaban J connectivity index is 2.16. The molecule has 0 saturated carbocycles. The third kappa shape index (κ3) is 4.96. The second kappa shape index (κ2) is 9.41. The molecule has 0 radical (unpaired) electrons. The first kappa shape index (κ1) is 22.9. The molecule has 0 aromatic heterocycles. The number of anilines is 1. The van der Waals surface area contributed by atoms with Crippen LogP contribution in [0.15, 0.2) is 23.1 Å². The van der Waals surface area contributed by atoms with Crippen LogP contribution in [0.4, 0.5) is 5.69 Å². The Morgan fingerprint density at radius 3 is 2.57 bits per heavy atom. The maximum Gasteiger partial charge on any atom is 0.256 e. The number of nitrogens with zero attached hydrogens (tertiary/aromatic N) is 2. The van der Waals surface area contributed by atoms with Gasteiger partial charge in [-0.1, -0.05) is 19.9 Å². The van der Waals surface area contributed by atoms with Gasteiger partial charge in [-0.15, -0.1) is 23.2 Å². The molecule has 1 aliphatic rings. The minimum absolute atomic E-state index is 0.0927. The molecule has 1 aliphatic heterocycles. The van der Waals surface area contributed by atoms with Crippen molar-refractivity contribution in [3.05, 3.63) is 23.8 Å². The summed E-state index contributed by atoms with van der Waals surface area (Å²) < 4.78 is 26.7. The van der Waals surface area contributed by atoms with Crippen LogP contribution < -0.4 is 10.7 Å². The van der Waals surface area contributed by atoms with E-state index in [1.165, 1.54) is 16.4 Å². The highest BCUT2D eigenvalue weighted by atomic mass is 35.5. The van der Waals surface area contributed by atoms with E-state index in [0.29, 0.717) is 24.3 Å². The Morgan fingerprint density at radius 2 is 1.96 bits per heavy atom. The number of halogens is 2. The number of alkyl halides is 2. The topological polar surface area (TPSA) is 98.8 Å². The molecule has 2 rings (SSSR count). The lowest BCUT2D eigenvalue weighted by molar-refractivity contribution is -0.139. The van der Waals surface area contributed by atoms with E-state index < -0.39 is 32.6 Å². The highest BCUT2D eigenvalue weighted by molar-refractivity contribution is 7.89. The number of sulfonamides is 1. The van der Waals surface area contributed by atoms with Crippen molar-refractivity contribution < 1.29 is 18.0 Å². The summed E-state index contributed by atoms with van der Waals surface area (Å²) >= 11 is 11.9. The zero-order valence-electron chi connectivity index (χ0n) is 15.9. The molecule has 2 N–H and O–H groups in total. The van der Waals surface area contributed by atoms with E-state index >= 15 is 0 Å². The molecule has 1 aromatic rings. The van der Waals surface area contributed by atoms with Gasteiger partial charge in [0.15, 0.2) is 0 Å². The van der Waals surface area contributed by atoms with Crippen molar-refractivity contribution in [1.82, 2.24) is 14.7 Å². The van der Waals surface area contributed by atoms with Crippen molar-refractivity contribution >= 4 is 50.7 Å². The average molecular weight is 451 g/mol. The van der Waals surface area contributed by atoms with Crippen LogP contribution in [0.1, 0.15) is 19.4 Å². The highest BCUT2D eigenvalue weighted by Gasteiger charge is 2.35. The first-order chi connectivity index (χ1) is 13.1. The zero-order chi connectivity index (χ0) is 21.1. The summed E-state index contributed by atoms with van der Waals surface area (Å²) in [6.07, 6.45) is 0. The van der Waals surface area contributed by atoms with E-state index in [4.69, 9.17) is 23.2 Å². The van der Waals surface area contributed by atoms with Gasteiger partial charge in [0.1, 0.15) is 11.9 Å². The summed E-state index contributed by atoms with van der Waals surface area (Å²) in [4.78, 5) is 24.6. The summed E-state index contributed by atoms with van der Waals surface area (Å²) in [5.74, 6) is -0.976. The van der Waals surface area contributed by atoms with Gasteiger partial charge in [0, 0.05) is 25.3 Å². The molecule has 1 saturated heterocycles. The van der Waals surface area contributed by atoms with E-state index in [9.17, 15) is 18.0 Å². The number of benzene rings is 1. The standard InChI is InChI=1S/C17H24Cl2N4O4S/c1-4-22(5-2)28(26,27)12-7-6-11(3)14(8-12)21-15(24)10-23-17(25)16(19)13(18)9-20-23/h6-8,13,16,20H,4-5,9-10H2,1-3H3,(H,21,24). The van der Waals surface area contributed by atoms with E-state index in [2.05, 4.69) is 10.7 Å². The first-order valence-corrected chi connectivity index (χ1v) is 11.2. The van der Waals surface area contributed by atoms with Gasteiger partial charge < -0.3 is 5.32 Å². The van der Waals surface area contributed by atoms with Crippen molar-refractivity contribution in [2.75, 3.05) is 31.5 Å². The van der Waals surface area contributed by atoms with Crippen molar-refractivity contribution in [2.24, 2.45) is 0 Å². The van der Waals surface area contributed by atoms with E-state index in [1.807, 2.05) is 0 Å². The van der Waals surface area contributed by atoms with E-state index in [1.54, 1.807) is 26.8 Å². The van der Waals surface area contributed by atoms with Crippen LogP contribution in [0.5, 0.6) is 0 Å². The average Bonchev–Trinajstić information content (AvgIpc) is 2.64. The molecule has 0 spiro atoms. The predicted octanol–water partition coefficient (Wildman–Crippen LogP) is 1.53. The Morgan fingerprint density at radius 1 is 1.32 bits per heavy atom. The third-order valence-corrected chi connectivity index (χ3v) is 7.50.